The van der Waals surface area contributed by atoms with E-state index in [1.807, 2.05) is 0 Å². The molecule has 156 valence electrons. The molecule has 0 fully saturated rings. The van der Waals surface area contributed by atoms with Crippen LogP contribution in [0.25, 0.3) is 11.5 Å². The van der Waals surface area contributed by atoms with E-state index < -0.39 is 17.7 Å². The summed E-state index contributed by atoms with van der Waals surface area (Å²) in [6.45, 7) is 6.85. The molecule has 0 radical (unpaired) electrons. The Bertz CT molecular complexity index is 933. The minimum absolute atomic E-state index is 0.0580. The highest BCUT2D eigenvalue weighted by Crippen LogP contribution is 2.41. The van der Waals surface area contributed by atoms with Gasteiger partial charge in [0, 0.05) is 20.0 Å². The van der Waals surface area contributed by atoms with E-state index in [0.29, 0.717) is 28.6 Å². The Morgan fingerprint density at radius 3 is 2.62 bits per heavy atom. The molecule has 0 saturated carbocycles. The van der Waals surface area contributed by atoms with E-state index in [2.05, 4.69) is 15.5 Å². The molecule has 1 aliphatic rings. The average Bonchev–Trinajstić information content (AvgIpc) is 3.03. The van der Waals surface area contributed by atoms with Crippen molar-refractivity contribution in [3.05, 3.63) is 18.0 Å². The number of carbonyl (C=O) groups is 2. The number of aromatic nitrogens is 2. The van der Waals surface area contributed by atoms with Crippen LogP contribution >= 0.6 is 0 Å². The zero-order valence-corrected chi connectivity index (χ0v) is 17.2. The fourth-order valence-electron chi connectivity index (χ4n) is 2.82. The van der Waals surface area contributed by atoms with Crippen LogP contribution in [0.1, 0.15) is 26.7 Å². The molecule has 0 spiro atoms. The number of likely N-dealkylation sites (N-methyl/N-ethyl adjacent to an activating group) is 1. The number of hydrogen-bond acceptors (Lipinski definition) is 8. The summed E-state index contributed by atoms with van der Waals surface area (Å²) in [6.07, 6.45) is -0.696. The standard InChI is InChI=1S/C19H24N4O6/c1-10-21-22-16(28-10)11-7-13-15(8-14(11)26-6)27-9-12(17(24)23(13)5)20-18(25)29-19(2,3)4/h7-8,12H,9H2,1-6H3,(H,20,25)/t12-/m0/s1. The minimum atomic E-state index is -0.914. The number of ether oxygens (including phenoxy) is 3. The number of hydrogen-bond donors (Lipinski definition) is 1. The first kappa shape index (κ1) is 20.4. The smallest absolute Gasteiger partial charge is 0.408 e. The zero-order valence-electron chi connectivity index (χ0n) is 17.2. The topological polar surface area (TPSA) is 116 Å². The van der Waals surface area contributed by atoms with Crippen LogP contribution in [0, 0.1) is 6.92 Å². The maximum Gasteiger partial charge on any atom is 0.408 e. The average molecular weight is 404 g/mol. The molecule has 3 rings (SSSR count). The first-order valence-electron chi connectivity index (χ1n) is 9.01. The van der Waals surface area contributed by atoms with Crippen LogP contribution in [-0.2, 0) is 9.53 Å². The molecule has 1 aliphatic heterocycles. The number of fused-ring (bicyclic) bond motifs is 1. The highest BCUT2D eigenvalue weighted by molar-refractivity contribution is 6.01. The molecule has 1 atom stereocenters. The summed E-state index contributed by atoms with van der Waals surface area (Å²) in [4.78, 5) is 26.4. The molecule has 0 unspecified atom stereocenters. The lowest BCUT2D eigenvalue weighted by molar-refractivity contribution is -0.120. The van der Waals surface area contributed by atoms with E-state index in [1.165, 1.54) is 12.0 Å². The van der Waals surface area contributed by atoms with Gasteiger partial charge in [-0.05, 0) is 26.8 Å². The third-order valence-electron chi connectivity index (χ3n) is 4.12. The van der Waals surface area contributed by atoms with E-state index in [1.54, 1.807) is 46.9 Å². The van der Waals surface area contributed by atoms with Crippen molar-refractivity contribution in [2.45, 2.75) is 39.3 Å². The summed E-state index contributed by atoms with van der Waals surface area (Å²) in [5.74, 6) is 1.18. The molecule has 0 saturated heterocycles. The lowest BCUT2D eigenvalue weighted by Crippen LogP contribution is -2.50. The monoisotopic (exact) mass is 404 g/mol. The number of carbonyl (C=O) groups excluding carboxylic acids is 2. The van der Waals surface area contributed by atoms with Crippen LogP contribution in [0.5, 0.6) is 11.5 Å². The number of anilines is 1. The van der Waals surface area contributed by atoms with E-state index in [-0.39, 0.29) is 18.4 Å². The Morgan fingerprint density at radius 2 is 2.03 bits per heavy atom. The van der Waals surface area contributed by atoms with Crippen molar-refractivity contribution >= 4 is 17.7 Å². The highest BCUT2D eigenvalue weighted by Gasteiger charge is 2.33. The zero-order chi connectivity index (χ0) is 21.3. The van der Waals surface area contributed by atoms with E-state index in [4.69, 9.17) is 18.6 Å². The van der Waals surface area contributed by atoms with E-state index in [0.717, 1.165) is 0 Å². The Hall–Kier alpha value is -3.30. The van der Waals surface area contributed by atoms with Gasteiger partial charge in [0.2, 0.25) is 5.89 Å². The van der Waals surface area contributed by atoms with Crippen molar-refractivity contribution in [2.24, 2.45) is 0 Å². The number of methoxy groups -OCH3 is 1. The van der Waals surface area contributed by atoms with Crippen LogP contribution in [0.2, 0.25) is 0 Å². The van der Waals surface area contributed by atoms with Crippen molar-refractivity contribution in [3.63, 3.8) is 0 Å². The number of amides is 2. The number of benzene rings is 1. The van der Waals surface area contributed by atoms with Crippen molar-refractivity contribution in [3.8, 4) is 23.0 Å². The Balaban J connectivity index is 1.91. The second kappa shape index (κ2) is 7.61. The van der Waals surface area contributed by atoms with Gasteiger partial charge in [0.25, 0.3) is 11.8 Å². The molecule has 10 heteroatoms. The van der Waals surface area contributed by atoms with Gasteiger partial charge >= 0.3 is 6.09 Å². The van der Waals surface area contributed by atoms with Gasteiger partial charge in [0.1, 0.15) is 29.7 Å². The first-order valence-corrected chi connectivity index (χ1v) is 9.01. The van der Waals surface area contributed by atoms with E-state index in [9.17, 15) is 9.59 Å². The van der Waals surface area contributed by atoms with Crippen molar-refractivity contribution in [1.29, 1.82) is 0 Å². The first-order chi connectivity index (χ1) is 13.6. The van der Waals surface area contributed by atoms with Crippen LogP contribution in [-0.4, -0.2) is 54.6 Å². The molecular formula is C19H24N4O6. The lowest BCUT2D eigenvalue weighted by Gasteiger charge is -2.23. The van der Waals surface area contributed by atoms with Gasteiger partial charge in [0.15, 0.2) is 0 Å². The number of aryl methyl sites for hydroxylation is 1. The third kappa shape index (κ3) is 4.41. The Kier molecular flexibility index (Phi) is 5.36. The van der Waals surface area contributed by atoms with Crippen molar-refractivity contribution < 1.29 is 28.2 Å². The molecule has 0 aliphatic carbocycles. The number of nitrogens with zero attached hydrogens (tertiary/aromatic N) is 3. The Morgan fingerprint density at radius 1 is 1.31 bits per heavy atom. The predicted molar refractivity (Wildman–Crippen MR) is 103 cm³/mol. The van der Waals surface area contributed by atoms with Crippen LogP contribution in [0.4, 0.5) is 10.5 Å². The summed E-state index contributed by atoms with van der Waals surface area (Å²) in [6, 6.07) is 2.40. The normalized spacial score (nSPS) is 16.6. The Labute approximate surface area is 168 Å². The van der Waals surface area contributed by atoms with Gasteiger partial charge in [-0.2, -0.15) is 0 Å². The van der Waals surface area contributed by atoms with Crippen LogP contribution < -0.4 is 19.7 Å². The highest BCUT2D eigenvalue weighted by atomic mass is 16.6. The fourth-order valence-corrected chi connectivity index (χ4v) is 2.82. The molecule has 1 aromatic heterocycles. The SMILES string of the molecule is COc1cc2c(cc1-c1nnc(C)o1)N(C)C(=O)[C@@H](NC(=O)OC(C)(C)C)CO2. The summed E-state index contributed by atoms with van der Waals surface area (Å²) < 4.78 is 21.9. The summed E-state index contributed by atoms with van der Waals surface area (Å²) in [5, 5.41) is 10.4. The second-order valence-corrected chi connectivity index (χ2v) is 7.55. The maximum absolute atomic E-state index is 12.9. The molecule has 10 nitrogen and oxygen atoms in total. The van der Waals surface area contributed by atoms with Crippen molar-refractivity contribution in [2.75, 3.05) is 25.7 Å². The molecule has 2 amide bonds. The summed E-state index contributed by atoms with van der Waals surface area (Å²) in [7, 11) is 3.10. The molecular weight excluding hydrogens is 380 g/mol. The van der Waals surface area contributed by atoms with Gasteiger partial charge in [-0.1, -0.05) is 0 Å². The number of alkyl carbamates (subject to hydrolysis) is 1. The summed E-state index contributed by atoms with van der Waals surface area (Å²) >= 11 is 0. The largest absolute Gasteiger partial charge is 0.496 e. The minimum Gasteiger partial charge on any atom is -0.496 e. The van der Waals surface area contributed by atoms with Crippen molar-refractivity contribution in [1.82, 2.24) is 15.5 Å². The van der Waals surface area contributed by atoms with Crippen LogP contribution in [0.3, 0.4) is 0 Å². The fraction of sp³-hybridized carbons (Fsp3) is 0.474. The van der Waals surface area contributed by atoms with Gasteiger partial charge < -0.3 is 28.8 Å². The maximum atomic E-state index is 12.9. The molecule has 29 heavy (non-hydrogen) atoms. The van der Waals surface area contributed by atoms with Gasteiger partial charge in [-0.3, -0.25) is 4.79 Å². The lowest BCUT2D eigenvalue weighted by atomic mass is 10.1. The summed E-state index contributed by atoms with van der Waals surface area (Å²) in [5.41, 5.74) is 0.321. The van der Waals surface area contributed by atoms with Crippen LogP contribution in [0.15, 0.2) is 16.5 Å². The quantitative estimate of drug-likeness (QED) is 0.828. The number of nitrogens with one attached hydrogen (secondary N) is 1. The molecule has 1 aromatic carbocycles. The molecule has 2 aromatic rings. The second-order valence-electron chi connectivity index (χ2n) is 7.55. The molecule has 2 heterocycles. The molecule has 0 bridgehead atoms. The predicted octanol–water partition coefficient (Wildman–Crippen LogP) is 2.30. The number of rotatable bonds is 3. The van der Waals surface area contributed by atoms with E-state index >= 15 is 0 Å². The van der Waals surface area contributed by atoms with Gasteiger partial charge in [-0.25, -0.2) is 4.79 Å². The van der Waals surface area contributed by atoms with Gasteiger partial charge in [0.05, 0.1) is 18.4 Å². The third-order valence-corrected chi connectivity index (χ3v) is 4.12. The molecule has 1 N–H and O–H groups in total. The van der Waals surface area contributed by atoms with Gasteiger partial charge in [-0.15, -0.1) is 10.2 Å².